The van der Waals surface area contributed by atoms with Crippen molar-refractivity contribution in [2.45, 2.75) is 11.7 Å². The third kappa shape index (κ3) is 3.25. The minimum Gasteiger partial charge on any atom is -0.399 e. The molecule has 2 rings (SSSR count). The van der Waals surface area contributed by atoms with Crippen LogP contribution in [-0.4, -0.2) is 41.8 Å². The average molecular weight is 292 g/mol. The van der Waals surface area contributed by atoms with E-state index in [1.54, 1.807) is 24.3 Å². The van der Waals surface area contributed by atoms with Crippen molar-refractivity contribution in [3.8, 4) is 0 Å². The predicted molar refractivity (Wildman–Crippen MR) is 78.3 cm³/mol. The average Bonchev–Trinajstić information content (AvgIpc) is 2.42. The van der Waals surface area contributed by atoms with Gasteiger partial charge in [0.05, 0.1) is 11.1 Å². The second-order valence-corrected chi connectivity index (χ2v) is 5.15. The Kier molecular flexibility index (Phi) is 4.32. The molecular weight excluding hydrogens is 275 g/mol. The summed E-state index contributed by atoms with van der Waals surface area (Å²) in [6, 6.07) is 8.14. The zero-order valence-corrected chi connectivity index (χ0v) is 11.6. The van der Waals surface area contributed by atoms with Gasteiger partial charge in [0.15, 0.2) is 5.67 Å². The standard InChI is InChI=1S/C14H17FN4O2/c1-18-9-14(15,10-18)13(11-5-3-2-4-6-11)17-8-12(7-16)19(20)21/h2-8,13H,9-10,16H2,1H3. The number of allylic oxidation sites excluding steroid dienone is 1. The number of halogens is 1. The summed E-state index contributed by atoms with van der Waals surface area (Å²) in [5, 5.41) is 10.7. The molecule has 1 aromatic rings. The summed E-state index contributed by atoms with van der Waals surface area (Å²) in [5.41, 5.74) is 3.98. The van der Waals surface area contributed by atoms with Crippen molar-refractivity contribution >= 4 is 6.21 Å². The molecule has 112 valence electrons. The number of rotatable bonds is 5. The normalized spacial score (nSPS) is 20.2. The summed E-state index contributed by atoms with van der Waals surface area (Å²) < 4.78 is 14.9. The van der Waals surface area contributed by atoms with Crippen molar-refractivity contribution in [2.75, 3.05) is 20.1 Å². The Morgan fingerprint density at radius 2 is 2.14 bits per heavy atom. The molecule has 1 unspecified atom stereocenters. The molecular formula is C14H17FN4O2. The molecule has 1 fully saturated rings. The Morgan fingerprint density at radius 1 is 1.52 bits per heavy atom. The van der Waals surface area contributed by atoms with Crippen molar-refractivity contribution in [1.29, 1.82) is 0 Å². The third-order valence-corrected chi connectivity index (χ3v) is 3.41. The van der Waals surface area contributed by atoms with Crippen LogP contribution >= 0.6 is 0 Å². The maximum absolute atomic E-state index is 14.9. The molecule has 0 spiro atoms. The van der Waals surface area contributed by atoms with Crippen LogP contribution in [0.2, 0.25) is 0 Å². The molecule has 1 atom stereocenters. The fraction of sp³-hybridized carbons (Fsp3) is 0.357. The van der Waals surface area contributed by atoms with E-state index in [1.165, 1.54) is 0 Å². The van der Waals surface area contributed by atoms with Gasteiger partial charge >= 0.3 is 5.70 Å². The Balaban J connectivity index is 2.30. The highest BCUT2D eigenvalue weighted by molar-refractivity contribution is 5.75. The smallest absolute Gasteiger partial charge is 0.302 e. The molecule has 7 heteroatoms. The molecule has 1 saturated heterocycles. The van der Waals surface area contributed by atoms with E-state index >= 15 is 0 Å². The maximum atomic E-state index is 14.9. The SMILES string of the molecule is CN1CC(F)(C(N=CC(=CN)[N+](=O)[O-])c2ccccc2)C1. The summed E-state index contributed by atoms with van der Waals surface area (Å²) in [4.78, 5) is 16.0. The highest BCUT2D eigenvalue weighted by Gasteiger charge is 2.48. The van der Waals surface area contributed by atoms with Gasteiger partial charge in [0.1, 0.15) is 12.3 Å². The Hall–Kier alpha value is -2.28. The van der Waals surface area contributed by atoms with E-state index in [4.69, 9.17) is 5.73 Å². The van der Waals surface area contributed by atoms with Crippen LogP contribution < -0.4 is 5.73 Å². The van der Waals surface area contributed by atoms with Crippen LogP contribution in [0.4, 0.5) is 4.39 Å². The lowest BCUT2D eigenvalue weighted by molar-refractivity contribution is -0.414. The van der Waals surface area contributed by atoms with Crippen molar-refractivity contribution < 1.29 is 9.31 Å². The van der Waals surface area contributed by atoms with Crippen molar-refractivity contribution in [3.05, 3.63) is 57.9 Å². The molecule has 6 nitrogen and oxygen atoms in total. The number of nitrogens with two attached hydrogens (primary N) is 1. The number of hydrogen-bond acceptors (Lipinski definition) is 5. The molecule has 0 amide bonds. The van der Waals surface area contributed by atoms with Gasteiger partial charge in [0, 0.05) is 13.1 Å². The monoisotopic (exact) mass is 292 g/mol. The molecule has 1 aromatic carbocycles. The topological polar surface area (TPSA) is 84.8 Å². The van der Waals surface area contributed by atoms with Gasteiger partial charge in [0.25, 0.3) is 0 Å². The number of benzene rings is 1. The van der Waals surface area contributed by atoms with Gasteiger partial charge in [-0.15, -0.1) is 0 Å². The third-order valence-electron chi connectivity index (χ3n) is 3.41. The number of alkyl halides is 1. The van der Waals surface area contributed by atoms with Crippen LogP contribution in [0.5, 0.6) is 0 Å². The quantitative estimate of drug-likeness (QED) is 0.506. The number of hydrogen-bond donors (Lipinski definition) is 1. The highest BCUT2D eigenvalue weighted by Crippen LogP contribution is 2.39. The van der Waals surface area contributed by atoms with Crippen LogP contribution in [0.15, 0.2) is 47.2 Å². The van der Waals surface area contributed by atoms with Crippen molar-refractivity contribution in [1.82, 2.24) is 4.90 Å². The Labute approximate surface area is 121 Å². The lowest BCUT2D eigenvalue weighted by atomic mass is 9.84. The second kappa shape index (κ2) is 6.01. The summed E-state index contributed by atoms with van der Waals surface area (Å²) in [6.07, 6.45) is 1.88. The highest BCUT2D eigenvalue weighted by atomic mass is 19.1. The molecule has 1 heterocycles. The fourth-order valence-electron chi connectivity index (χ4n) is 2.48. The van der Waals surface area contributed by atoms with Crippen molar-refractivity contribution in [2.24, 2.45) is 10.7 Å². The van der Waals surface area contributed by atoms with Crippen LogP contribution in [0.3, 0.4) is 0 Å². The molecule has 0 bridgehead atoms. The zero-order chi connectivity index (χ0) is 15.5. The van der Waals surface area contributed by atoms with Gasteiger partial charge in [0.2, 0.25) is 0 Å². The maximum Gasteiger partial charge on any atom is 0.302 e. The molecule has 21 heavy (non-hydrogen) atoms. The summed E-state index contributed by atoms with van der Waals surface area (Å²) in [7, 11) is 1.81. The summed E-state index contributed by atoms with van der Waals surface area (Å²) in [5.74, 6) is 0. The lowest BCUT2D eigenvalue weighted by Crippen LogP contribution is -2.59. The van der Waals surface area contributed by atoms with Crippen molar-refractivity contribution in [3.63, 3.8) is 0 Å². The number of nitrogens with zero attached hydrogens (tertiary/aromatic N) is 3. The van der Waals surface area contributed by atoms with Gasteiger partial charge in [-0.25, -0.2) is 4.39 Å². The summed E-state index contributed by atoms with van der Waals surface area (Å²) in [6.45, 7) is 0.480. The largest absolute Gasteiger partial charge is 0.399 e. The minimum absolute atomic E-state index is 0.240. The van der Waals surface area contributed by atoms with Crippen LogP contribution in [-0.2, 0) is 0 Å². The lowest BCUT2D eigenvalue weighted by Gasteiger charge is -2.45. The first-order valence-corrected chi connectivity index (χ1v) is 6.48. The number of aliphatic imine (C=N–C) groups is 1. The number of nitro groups is 1. The first-order chi connectivity index (χ1) is 9.96. The Bertz CT molecular complexity index is 568. The molecule has 1 aliphatic heterocycles. The van der Waals surface area contributed by atoms with E-state index in [2.05, 4.69) is 4.99 Å². The second-order valence-electron chi connectivity index (χ2n) is 5.15. The van der Waals surface area contributed by atoms with E-state index in [-0.39, 0.29) is 18.8 Å². The van der Waals surface area contributed by atoms with Crippen LogP contribution in [0.25, 0.3) is 0 Å². The van der Waals surface area contributed by atoms with Gasteiger partial charge < -0.3 is 5.73 Å². The summed E-state index contributed by atoms with van der Waals surface area (Å²) >= 11 is 0. The van der Waals surface area contributed by atoms with E-state index in [0.717, 1.165) is 12.4 Å². The van der Waals surface area contributed by atoms with Crippen LogP contribution in [0.1, 0.15) is 11.6 Å². The molecule has 1 aliphatic rings. The Morgan fingerprint density at radius 3 is 2.62 bits per heavy atom. The van der Waals surface area contributed by atoms with Gasteiger partial charge in [-0.1, -0.05) is 30.3 Å². The van der Waals surface area contributed by atoms with Gasteiger partial charge in [-0.3, -0.25) is 20.0 Å². The molecule has 0 radical (unpaired) electrons. The van der Waals surface area contributed by atoms with Crippen LogP contribution in [0, 0.1) is 10.1 Å². The molecule has 2 N–H and O–H groups in total. The first-order valence-electron chi connectivity index (χ1n) is 6.48. The zero-order valence-electron chi connectivity index (χ0n) is 11.6. The predicted octanol–water partition coefficient (Wildman–Crippen LogP) is 1.53. The fourth-order valence-corrected chi connectivity index (χ4v) is 2.48. The molecule has 0 aliphatic carbocycles. The van der Waals surface area contributed by atoms with E-state index in [1.807, 2.05) is 18.0 Å². The number of likely N-dealkylation sites (tertiary alicyclic amines) is 1. The van der Waals surface area contributed by atoms with Gasteiger partial charge in [-0.2, -0.15) is 0 Å². The van der Waals surface area contributed by atoms with E-state index in [9.17, 15) is 14.5 Å². The first kappa shape index (κ1) is 15.1. The minimum atomic E-state index is -1.52. The van der Waals surface area contributed by atoms with Gasteiger partial charge in [-0.05, 0) is 12.6 Å². The molecule has 0 saturated carbocycles. The van der Waals surface area contributed by atoms with E-state index < -0.39 is 16.6 Å². The molecule has 0 aromatic heterocycles. The van der Waals surface area contributed by atoms with E-state index in [0.29, 0.717) is 5.56 Å².